The van der Waals surface area contributed by atoms with Gasteiger partial charge < -0.3 is 9.52 Å². The Labute approximate surface area is 107 Å². The number of rotatable bonds is 3. The summed E-state index contributed by atoms with van der Waals surface area (Å²) in [7, 11) is 0. The fourth-order valence-electron chi connectivity index (χ4n) is 1.72. The molecule has 0 amide bonds. The molecule has 2 aromatic heterocycles. The first-order valence-corrected chi connectivity index (χ1v) is 6.21. The summed E-state index contributed by atoms with van der Waals surface area (Å²) in [6, 6.07) is 1.47. The topological polar surface area (TPSA) is 72.4 Å². The number of thiazole rings is 1. The Bertz CT molecular complexity index is 662. The van der Waals surface area contributed by atoms with E-state index >= 15 is 0 Å². The Morgan fingerprint density at radius 1 is 1.44 bits per heavy atom. The molecule has 0 aliphatic heterocycles. The van der Waals surface area contributed by atoms with Gasteiger partial charge in [-0.2, -0.15) is 0 Å². The van der Waals surface area contributed by atoms with Crippen LogP contribution in [0.3, 0.4) is 0 Å². The predicted octanol–water partition coefficient (Wildman–Crippen LogP) is 2.17. The van der Waals surface area contributed by atoms with E-state index in [-0.39, 0.29) is 10.6 Å². The highest BCUT2D eigenvalue weighted by Gasteiger charge is 2.15. The normalized spacial score (nSPS) is 10.8. The maximum Gasteiger partial charge on any atom is 0.371 e. The van der Waals surface area contributed by atoms with E-state index in [0.717, 1.165) is 16.1 Å². The number of hydrogen-bond donors (Lipinski definition) is 1. The van der Waals surface area contributed by atoms with Crippen LogP contribution >= 0.6 is 11.3 Å². The van der Waals surface area contributed by atoms with E-state index in [9.17, 15) is 9.59 Å². The van der Waals surface area contributed by atoms with E-state index in [1.807, 2.05) is 13.8 Å². The molecule has 96 valence electrons. The maximum atomic E-state index is 11.8. The zero-order chi connectivity index (χ0) is 13.4. The van der Waals surface area contributed by atoms with E-state index in [2.05, 4.69) is 0 Å². The van der Waals surface area contributed by atoms with Crippen molar-refractivity contribution in [1.82, 2.24) is 4.57 Å². The van der Waals surface area contributed by atoms with Crippen LogP contribution in [0.5, 0.6) is 0 Å². The van der Waals surface area contributed by atoms with Crippen molar-refractivity contribution in [3.63, 3.8) is 0 Å². The van der Waals surface area contributed by atoms with Crippen molar-refractivity contribution < 1.29 is 14.3 Å². The third kappa shape index (κ3) is 2.11. The van der Waals surface area contributed by atoms with Gasteiger partial charge in [0.05, 0.1) is 6.54 Å². The van der Waals surface area contributed by atoms with Gasteiger partial charge in [-0.05, 0) is 26.8 Å². The van der Waals surface area contributed by atoms with Crippen LogP contribution in [0.1, 0.15) is 32.4 Å². The second-order valence-electron chi connectivity index (χ2n) is 4.09. The number of carbonyl (C=O) groups is 1. The van der Waals surface area contributed by atoms with Gasteiger partial charge in [0.15, 0.2) is 0 Å². The summed E-state index contributed by atoms with van der Waals surface area (Å²) in [6.07, 6.45) is 0. The first kappa shape index (κ1) is 12.6. The molecule has 0 saturated carbocycles. The number of hydrogen-bond acceptors (Lipinski definition) is 4. The second kappa shape index (κ2) is 4.45. The Kier molecular flexibility index (Phi) is 3.13. The molecule has 0 fully saturated rings. The number of aromatic carboxylic acids is 1. The van der Waals surface area contributed by atoms with Crippen LogP contribution in [0.4, 0.5) is 0 Å². The zero-order valence-corrected chi connectivity index (χ0v) is 11.1. The van der Waals surface area contributed by atoms with Gasteiger partial charge in [-0.25, -0.2) is 4.79 Å². The average molecular weight is 267 g/mol. The van der Waals surface area contributed by atoms with Crippen molar-refractivity contribution in [3.8, 4) is 0 Å². The first-order valence-electron chi connectivity index (χ1n) is 5.39. The Hall–Kier alpha value is -1.82. The van der Waals surface area contributed by atoms with Gasteiger partial charge in [0, 0.05) is 16.1 Å². The molecule has 0 radical (unpaired) electrons. The molecule has 0 atom stereocenters. The monoisotopic (exact) mass is 267 g/mol. The fourth-order valence-corrected chi connectivity index (χ4v) is 2.55. The summed E-state index contributed by atoms with van der Waals surface area (Å²) < 4.78 is 6.75. The molecule has 1 N–H and O–H groups in total. The van der Waals surface area contributed by atoms with Crippen molar-refractivity contribution >= 4 is 17.3 Å². The average Bonchev–Trinajstić information content (AvgIpc) is 2.76. The van der Waals surface area contributed by atoms with Crippen LogP contribution in [0.15, 0.2) is 15.3 Å². The lowest BCUT2D eigenvalue weighted by Crippen LogP contribution is -2.15. The number of aromatic nitrogens is 1. The molecule has 0 aliphatic rings. The van der Waals surface area contributed by atoms with Crippen molar-refractivity contribution in [2.75, 3.05) is 0 Å². The van der Waals surface area contributed by atoms with E-state index in [1.165, 1.54) is 17.4 Å². The summed E-state index contributed by atoms with van der Waals surface area (Å²) in [5, 5.41) is 8.84. The van der Waals surface area contributed by atoms with Crippen LogP contribution in [-0.2, 0) is 6.54 Å². The van der Waals surface area contributed by atoms with Crippen LogP contribution in [0, 0.1) is 20.8 Å². The Morgan fingerprint density at radius 3 is 2.56 bits per heavy atom. The molecule has 5 nitrogen and oxygen atoms in total. The lowest BCUT2D eigenvalue weighted by Gasteiger charge is -2.03. The molecule has 2 aromatic rings. The molecule has 0 aromatic carbocycles. The van der Waals surface area contributed by atoms with Crippen molar-refractivity contribution in [2.24, 2.45) is 0 Å². The van der Waals surface area contributed by atoms with Gasteiger partial charge >= 0.3 is 10.8 Å². The molecule has 0 unspecified atom stereocenters. The number of carboxylic acids is 1. The molecule has 0 aliphatic carbocycles. The number of nitrogens with zero attached hydrogens (tertiary/aromatic N) is 1. The summed E-state index contributed by atoms with van der Waals surface area (Å²) >= 11 is 1.19. The van der Waals surface area contributed by atoms with Gasteiger partial charge in [-0.1, -0.05) is 11.3 Å². The molecule has 0 bridgehead atoms. The van der Waals surface area contributed by atoms with Crippen LogP contribution < -0.4 is 4.87 Å². The quantitative estimate of drug-likeness (QED) is 0.925. The Balaban J connectivity index is 2.40. The number of carboxylic acid groups (broad SMARTS) is 1. The summed E-state index contributed by atoms with van der Waals surface area (Å²) in [4.78, 5) is 23.5. The van der Waals surface area contributed by atoms with E-state index in [1.54, 1.807) is 11.5 Å². The molecule has 0 spiro atoms. The molecular weight excluding hydrogens is 254 g/mol. The minimum atomic E-state index is -1.10. The van der Waals surface area contributed by atoms with Crippen molar-refractivity contribution in [2.45, 2.75) is 27.3 Å². The molecule has 2 heterocycles. The van der Waals surface area contributed by atoms with E-state index < -0.39 is 5.97 Å². The second-order valence-corrected chi connectivity index (χ2v) is 5.26. The molecule has 2 rings (SSSR count). The highest BCUT2D eigenvalue weighted by Crippen LogP contribution is 2.18. The van der Waals surface area contributed by atoms with Gasteiger partial charge in [0.1, 0.15) is 5.76 Å². The molecule has 6 heteroatoms. The lowest BCUT2D eigenvalue weighted by atomic mass is 10.2. The zero-order valence-electron chi connectivity index (χ0n) is 10.3. The van der Waals surface area contributed by atoms with Gasteiger partial charge in [0.2, 0.25) is 5.76 Å². The van der Waals surface area contributed by atoms with Crippen LogP contribution in [0.25, 0.3) is 0 Å². The molecule has 18 heavy (non-hydrogen) atoms. The van der Waals surface area contributed by atoms with Crippen molar-refractivity contribution in [1.29, 1.82) is 0 Å². The van der Waals surface area contributed by atoms with Gasteiger partial charge in [-0.15, -0.1) is 0 Å². The fraction of sp³-hybridized carbons (Fsp3) is 0.333. The standard InChI is InChI=1S/C12H13NO4S/c1-6-8(3)18-12(16)13(6)5-9-4-10(11(14)15)17-7(9)2/h4H,5H2,1-3H3,(H,14,15). The molecule has 0 saturated heterocycles. The van der Waals surface area contributed by atoms with Crippen LogP contribution in [-0.4, -0.2) is 15.6 Å². The van der Waals surface area contributed by atoms with Gasteiger partial charge in [0.25, 0.3) is 0 Å². The largest absolute Gasteiger partial charge is 0.475 e. The van der Waals surface area contributed by atoms with Crippen molar-refractivity contribution in [3.05, 3.63) is 43.4 Å². The Morgan fingerprint density at radius 2 is 2.11 bits per heavy atom. The lowest BCUT2D eigenvalue weighted by molar-refractivity contribution is 0.0661. The summed E-state index contributed by atoms with van der Waals surface area (Å²) in [6.45, 7) is 5.81. The summed E-state index contributed by atoms with van der Waals surface area (Å²) in [5.74, 6) is -0.669. The van der Waals surface area contributed by atoms with Crippen LogP contribution in [0.2, 0.25) is 0 Å². The summed E-state index contributed by atoms with van der Waals surface area (Å²) in [5.41, 5.74) is 1.62. The minimum Gasteiger partial charge on any atom is -0.475 e. The van der Waals surface area contributed by atoms with E-state index in [4.69, 9.17) is 9.52 Å². The third-order valence-corrected chi connectivity index (χ3v) is 3.93. The maximum absolute atomic E-state index is 11.8. The predicted molar refractivity (Wildman–Crippen MR) is 67.6 cm³/mol. The molecular formula is C12H13NO4S. The first-order chi connectivity index (χ1) is 8.40. The van der Waals surface area contributed by atoms with E-state index in [0.29, 0.717) is 12.3 Å². The minimum absolute atomic E-state index is 0.0394. The smallest absolute Gasteiger partial charge is 0.371 e. The highest BCUT2D eigenvalue weighted by atomic mass is 32.1. The van der Waals surface area contributed by atoms with Gasteiger partial charge in [-0.3, -0.25) is 9.36 Å². The number of furan rings is 1. The number of aryl methyl sites for hydroxylation is 2. The third-order valence-electron chi connectivity index (χ3n) is 2.94. The SMILES string of the molecule is Cc1oc(C(=O)O)cc1Cn1c(C)c(C)sc1=O. The highest BCUT2D eigenvalue weighted by molar-refractivity contribution is 7.09.